The molecule has 1 heterocycles. The number of carbonyl (C=O) groups excluding carboxylic acids is 3. The van der Waals surface area contributed by atoms with Gasteiger partial charge in [-0.1, -0.05) is 78.3 Å². The van der Waals surface area contributed by atoms with Crippen LogP contribution in [0.3, 0.4) is 0 Å². The number of benzene rings is 4. The van der Waals surface area contributed by atoms with Crippen molar-refractivity contribution in [2.45, 2.75) is 24.7 Å². The predicted molar refractivity (Wildman–Crippen MR) is 165 cm³/mol. The zero-order valence-corrected chi connectivity index (χ0v) is 24.2. The number of hydrogen-bond donors (Lipinski definition) is 1. The number of aryl methyl sites for hydroxylation is 1. The first-order valence-electron chi connectivity index (χ1n) is 14.1. The average Bonchev–Trinajstić information content (AvgIpc) is 3.29. The third-order valence-electron chi connectivity index (χ3n) is 8.99. The predicted octanol–water partition coefficient (Wildman–Crippen LogP) is 5.45. The summed E-state index contributed by atoms with van der Waals surface area (Å²) in [4.78, 5) is 54.2. The molecule has 0 saturated carbocycles. The largest absolute Gasteiger partial charge is 0.293 e. The Balaban J connectivity index is 1.36. The van der Waals surface area contributed by atoms with Gasteiger partial charge in [0.15, 0.2) is 0 Å². The van der Waals surface area contributed by atoms with Gasteiger partial charge in [-0.2, -0.15) is 5.10 Å². The van der Waals surface area contributed by atoms with Crippen LogP contribution in [0.4, 0.5) is 11.4 Å². The Labute approximate surface area is 257 Å². The standard InChI is InChI=1S/C34H25ClN4O5/c1-19-10-15-26(27(16-19)39(43)44)38-32(41)30-29-22-6-2-4-8-24(22)34(31(30)33(38)42,25-9-5-3-7-23(25)29)18-36-37-28(40)17-20-11-13-21(35)14-12-20/h2-16,18,29-31H,17H2,1H3,(H,37,40)/b36-18-/t29?,30-,31+,34?/m1/s1. The van der Waals surface area contributed by atoms with E-state index in [4.69, 9.17) is 11.6 Å². The molecule has 10 heteroatoms. The zero-order valence-electron chi connectivity index (χ0n) is 23.4. The van der Waals surface area contributed by atoms with Crippen molar-refractivity contribution in [2.24, 2.45) is 16.9 Å². The maximum atomic E-state index is 14.5. The van der Waals surface area contributed by atoms with Crippen LogP contribution < -0.4 is 10.3 Å². The van der Waals surface area contributed by atoms with E-state index in [0.29, 0.717) is 10.6 Å². The molecule has 1 fully saturated rings. The summed E-state index contributed by atoms with van der Waals surface area (Å²) in [5.74, 6) is -3.61. The molecule has 4 aliphatic rings. The lowest BCUT2D eigenvalue weighted by Crippen LogP contribution is -2.54. The molecule has 1 N–H and O–H groups in total. The molecule has 1 saturated heterocycles. The van der Waals surface area contributed by atoms with Gasteiger partial charge in [-0.05, 0) is 58.5 Å². The second-order valence-corrected chi connectivity index (χ2v) is 11.8. The SMILES string of the molecule is Cc1ccc(N2C(=O)[C@@H]3C4c5ccccc5C(/C=N\NC(=O)Cc5ccc(Cl)cc5)(c5ccccc54)[C@@H]3C2=O)c([N+](=O)[O-])c1. The summed E-state index contributed by atoms with van der Waals surface area (Å²) in [5.41, 5.74) is 5.78. The number of nitrogens with one attached hydrogen (secondary N) is 1. The number of nitro groups is 1. The van der Waals surface area contributed by atoms with Crippen molar-refractivity contribution in [1.29, 1.82) is 0 Å². The van der Waals surface area contributed by atoms with Gasteiger partial charge in [0.2, 0.25) is 17.7 Å². The van der Waals surface area contributed by atoms with Crippen LogP contribution in [0.1, 0.15) is 39.3 Å². The van der Waals surface area contributed by atoms with E-state index in [1.807, 2.05) is 48.5 Å². The van der Waals surface area contributed by atoms with Gasteiger partial charge in [0, 0.05) is 23.2 Å². The van der Waals surface area contributed by atoms with E-state index in [1.165, 1.54) is 12.1 Å². The average molecular weight is 605 g/mol. The Morgan fingerprint density at radius 3 is 2.25 bits per heavy atom. The maximum Gasteiger partial charge on any atom is 0.293 e. The number of hydrogen-bond acceptors (Lipinski definition) is 6. The molecule has 3 aliphatic carbocycles. The molecule has 3 amide bonds. The smallest absolute Gasteiger partial charge is 0.274 e. The van der Waals surface area contributed by atoms with Gasteiger partial charge in [-0.3, -0.25) is 24.5 Å². The number of imide groups is 1. The normalized spacial score (nSPS) is 23.0. The number of nitrogens with zero attached hydrogens (tertiary/aromatic N) is 3. The second-order valence-electron chi connectivity index (χ2n) is 11.4. The van der Waals surface area contributed by atoms with Gasteiger partial charge in [-0.25, -0.2) is 10.3 Å². The fourth-order valence-electron chi connectivity index (χ4n) is 7.29. The molecule has 4 aromatic carbocycles. The third kappa shape index (κ3) is 4.00. The number of halogens is 1. The third-order valence-corrected chi connectivity index (χ3v) is 9.24. The van der Waals surface area contributed by atoms with Crippen molar-refractivity contribution in [1.82, 2.24) is 5.43 Å². The maximum absolute atomic E-state index is 14.5. The number of rotatable bonds is 6. The Hall–Kier alpha value is -5.15. The summed E-state index contributed by atoms with van der Waals surface area (Å²) in [7, 11) is 0. The van der Waals surface area contributed by atoms with Crippen LogP contribution in [0.15, 0.2) is 96.1 Å². The Morgan fingerprint density at radius 1 is 0.977 bits per heavy atom. The highest BCUT2D eigenvalue weighted by Gasteiger charge is 2.68. The van der Waals surface area contributed by atoms with Crippen molar-refractivity contribution < 1.29 is 19.3 Å². The number of amides is 3. The Morgan fingerprint density at radius 2 is 1.61 bits per heavy atom. The van der Waals surface area contributed by atoms with E-state index in [1.54, 1.807) is 43.5 Å². The minimum absolute atomic E-state index is 0.0548. The van der Waals surface area contributed by atoms with Crippen molar-refractivity contribution in [3.05, 3.63) is 140 Å². The fourth-order valence-corrected chi connectivity index (χ4v) is 7.42. The van der Waals surface area contributed by atoms with Crippen molar-refractivity contribution >= 4 is 46.9 Å². The van der Waals surface area contributed by atoms with Gasteiger partial charge in [0.05, 0.1) is 28.6 Å². The number of hydrazone groups is 1. The van der Waals surface area contributed by atoms with Crippen LogP contribution in [-0.2, 0) is 26.2 Å². The molecule has 2 atom stereocenters. The topological polar surface area (TPSA) is 122 Å². The Kier molecular flexibility index (Phi) is 6.44. The summed E-state index contributed by atoms with van der Waals surface area (Å²) < 4.78 is 0. The molecule has 218 valence electrons. The summed E-state index contributed by atoms with van der Waals surface area (Å²) in [6.45, 7) is 1.71. The summed E-state index contributed by atoms with van der Waals surface area (Å²) in [5, 5.41) is 17.0. The van der Waals surface area contributed by atoms with Crippen molar-refractivity contribution in [3.8, 4) is 0 Å². The molecule has 0 aromatic heterocycles. The van der Waals surface area contributed by atoms with Crippen molar-refractivity contribution in [3.63, 3.8) is 0 Å². The fraction of sp³-hybridized carbons (Fsp3) is 0.176. The van der Waals surface area contributed by atoms with E-state index < -0.39 is 39.9 Å². The number of nitro benzene ring substituents is 1. The molecule has 0 unspecified atom stereocenters. The van der Waals surface area contributed by atoms with Gasteiger partial charge in [0.1, 0.15) is 5.69 Å². The summed E-state index contributed by atoms with van der Waals surface area (Å²) >= 11 is 5.97. The number of carbonyl (C=O) groups is 3. The molecule has 1 aliphatic heterocycles. The lowest BCUT2D eigenvalue weighted by Gasteiger charge is -2.52. The molecular formula is C34H25ClN4O5. The van der Waals surface area contributed by atoms with Gasteiger partial charge in [-0.15, -0.1) is 0 Å². The van der Waals surface area contributed by atoms with E-state index >= 15 is 0 Å². The lowest BCUT2D eigenvalue weighted by atomic mass is 9.47. The highest BCUT2D eigenvalue weighted by Crippen LogP contribution is 2.64. The molecule has 8 rings (SSSR count). The molecule has 44 heavy (non-hydrogen) atoms. The minimum Gasteiger partial charge on any atom is -0.274 e. The van der Waals surface area contributed by atoms with Crippen LogP contribution in [-0.4, -0.2) is 28.9 Å². The van der Waals surface area contributed by atoms with Crippen LogP contribution in [0.25, 0.3) is 0 Å². The summed E-state index contributed by atoms with van der Waals surface area (Å²) in [6, 6.07) is 26.6. The van der Waals surface area contributed by atoms with E-state index in [0.717, 1.165) is 32.7 Å². The van der Waals surface area contributed by atoms with Crippen LogP contribution in [0.2, 0.25) is 5.02 Å². The van der Waals surface area contributed by atoms with E-state index in [-0.39, 0.29) is 23.7 Å². The molecule has 2 bridgehead atoms. The van der Waals surface area contributed by atoms with Gasteiger partial charge >= 0.3 is 0 Å². The first-order valence-corrected chi connectivity index (χ1v) is 14.5. The van der Waals surface area contributed by atoms with E-state index in [2.05, 4.69) is 10.5 Å². The second kappa shape index (κ2) is 10.2. The highest BCUT2D eigenvalue weighted by molar-refractivity contribution is 6.30. The molecular weight excluding hydrogens is 580 g/mol. The first-order chi connectivity index (χ1) is 21.2. The summed E-state index contributed by atoms with van der Waals surface area (Å²) in [6.07, 6.45) is 1.63. The monoisotopic (exact) mass is 604 g/mol. The molecule has 0 spiro atoms. The van der Waals surface area contributed by atoms with Crippen molar-refractivity contribution in [2.75, 3.05) is 4.90 Å². The molecule has 9 nitrogen and oxygen atoms in total. The molecule has 0 radical (unpaired) electrons. The van der Waals surface area contributed by atoms with Crippen LogP contribution >= 0.6 is 11.6 Å². The Bertz CT molecular complexity index is 1870. The lowest BCUT2D eigenvalue weighted by molar-refractivity contribution is -0.384. The van der Waals surface area contributed by atoms with Crippen LogP contribution in [0.5, 0.6) is 0 Å². The van der Waals surface area contributed by atoms with Gasteiger partial charge < -0.3 is 0 Å². The zero-order chi connectivity index (χ0) is 30.7. The quantitative estimate of drug-likeness (QED) is 0.136. The van der Waals surface area contributed by atoms with E-state index in [9.17, 15) is 24.5 Å². The van der Waals surface area contributed by atoms with Crippen LogP contribution in [0, 0.1) is 28.9 Å². The first kappa shape index (κ1) is 27.7. The van der Waals surface area contributed by atoms with Gasteiger partial charge in [0.25, 0.3) is 5.69 Å². The number of anilines is 1. The highest BCUT2D eigenvalue weighted by atomic mass is 35.5. The minimum atomic E-state index is -1.22. The molecule has 4 aromatic rings.